The van der Waals surface area contributed by atoms with E-state index in [4.69, 9.17) is 18.0 Å². The molecule has 0 aliphatic heterocycles. The molecule has 4 nitrogen and oxygen atoms in total. The molecule has 0 saturated carbocycles. The second-order valence-electron chi connectivity index (χ2n) is 4.09. The number of sulfonamides is 1. The Labute approximate surface area is 127 Å². The zero-order valence-corrected chi connectivity index (χ0v) is 13.0. The summed E-state index contributed by atoms with van der Waals surface area (Å²) in [4.78, 5) is 1.33. The minimum Gasteiger partial charge on any atom is -0.389 e. The molecule has 1 aromatic carbocycles. The van der Waals surface area contributed by atoms with Gasteiger partial charge in [0.25, 0.3) is 0 Å². The van der Waals surface area contributed by atoms with Crippen molar-refractivity contribution in [2.24, 2.45) is 5.73 Å². The monoisotopic (exact) mass is 326 g/mol. The molecule has 0 aliphatic rings. The molecule has 0 atom stereocenters. The zero-order valence-electron chi connectivity index (χ0n) is 10.6. The van der Waals surface area contributed by atoms with E-state index in [1.54, 1.807) is 29.5 Å². The molecular weight excluding hydrogens is 312 g/mol. The van der Waals surface area contributed by atoms with Crippen LogP contribution in [0.25, 0.3) is 0 Å². The molecule has 0 saturated heterocycles. The standard InChI is InChI=1S/C13H14N2O2S3/c14-13(18)11-5-1-2-6-12(11)20(16,17)15-8-7-10-4-3-9-19-10/h1-6,9,15H,7-8H2,(H2,14,18). The van der Waals surface area contributed by atoms with E-state index in [0.29, 0.717) is 18.5 Å². The predicted molar refractivity (Wildman–Crippen MR) is 85.5 cm³/mol. The molecule has 7 heteroatoms. The van der Waals surface area contributed by atoms with Gasteiger partial charge in [0.1, 0.15) is 4.99 Å². The molecule has 0 amide bonds. The van der Waals surface area contributed by atoms with Crippen LogP contribution in [0.3, 0.4) is 0 Å². The quantitative estimate of drug-likeness (QED) is 0.795. The van der Waals surface area contributed by atoms with Gasteiger partial charge < -0.3 is 5.73 Å². The van der Waals surface area contributed by atoms with Gasteiger partial charge in [0.05, 0.1) is 4.90 Å². The number of hydrogen-bond donors (Lipinski definition) is 2. The van der Waals surface area contributed by atoms with Gasteiger partial charge in [-0.3, -0.25) is 0 Å². The lowest BCUT2D eigenvalue weighted by atomic mass is 10.2. The predicted octanol–water partition coefficient (Wildman–Crippen LogP) is 1.90. The van der Waals surface area contributed by atoms with Crippen molar-refractivity contribution in [1.29, 1.82) is 0 Å². The molecule has 2 aromatic rings. The van der Waals surface area contributed by atoms with E-state index in [1.165, 1.54) is 6.07 Å². The Morgan fingerprint density at radius 1 is 1.25 bits per heavy atom. The van der Waals surface area contributed by atoms with Gasteiger partial charge in [-0.2, -0.15) is 0 Å². The molecule has 0 spiro atoms. The molecular formula is C13H14N2O2S3. The van der Waals surface area contributed by atoms with Crippen LogP contribution in [-0.2, 0) is 16.4 Å². The average Bonchev–Trinajstić information content (AvgIpc) is 2.91. The summed E-state index contributed by atoms with van der Waals surface area (Å²) >= 11 is 6.48. The lowest BCUT2D eigenvalue weighted by Crippen LogP contribution is -2.28. The Bertz CT molecular complexity index is 694. The number of nitrogens with two attached hydrogens (primary N) is 1. The van der Waals surface area contributed by atoms with Crippen molar-refractivity contribution in [2.45, 2.75) is 11.3 Å². The highest BCUT2D eigenvalue weighted by molar-refractivity contribution is 7.89. The Kier molecular flexibility index (Phi) is 4.87. The third-order valence-corrected chi connectivity index (χ3v) is 5.36. The number of benzene rings is 1. The van der Waals surface area contributed by atoms with Crippen LogP contribution in [0.5, 0.6) is 0 Å². The third kappa shape index (κ3) is 3.63. The zero-order chi connectivity index (χ0) is 14.6. The van der Waals surface area contributed by atoms with E-state index in [2.05, 4.69) is 4.72 Å². The third-order valence-electron chi connectivity index (χ3n) is 2.69. The van der Waals surface area contributed by atoms with E-state index in [-0.39, 0.29) is 9.88 Å². The Balaban J connectivity index is 2.12. The Hall–Kier alpha value is -1.28. The molecule has 106 valence electrons. The summed E-state index contributed by atoms with van der Waals surface area (Å²) in [7, 11) is -3.60. The molecule has 0 bridgehead atoms. The van der Waals surface area contributed by atoms with E-state index in [0.717, 1.165) is 4.88 Å². The number of hydrogen-bond acceptors (Lipinski definition) is 4. The summed E-state index contributed by atoms with van der Waals surface area (Å²) < 4.78 is 27.1. The number of nitrogens with one attached hydrogen (secondary N) is 1. The SMILES string of the molecule is NC(=S)c1ccccc1S(=O)(=O)NCCc1cccs1. The van der Waals surface area contributed by atoms with Gasteiger partial charge in [0.15, 0.2) is 0 Å². The summed E-state index contributed by atoms with van der Waals surface area (Å²) in [5.41, 5.74) is 5.92. The molecule has 0 unspecified atom stereocenters. The molecule has 1 heterocycles. The van der Waals surface area contributed by atoms with Gasteiger partial charge >= 0.3 is 0 Å². The van der Waals surface area contributed by atoms with Crippen LogP contribution in [0, 0.1) is 0 Å². The van der Waals surface area contributed by atoms with Crippen LogP contribution in [0.4, 0.5) is 0 Å². The largest absolute Gasteiger partial charge is 0.389 e. The number of rotatable bonds is 6. The van der Waals surface area contributed by atoms with Gasteiger partial charge in [0, 0.05) is 17.0 Å². The van der Waals surface area contributed by atoms with Gasteiger partial charge in [-0.25, -0.2) is 13.1 Å². The Morgan fingerprint density at radius 3 is 2.65 bits per heavy atom. The van der Waals surface area contributed by atoms with Crippen molar-refractivity contribution in [3.8, 4) is 0 Å². The van der Waals surface area contributed by atoms with Gasteiger partial charge in [-0.15, -0.1) is 11.3 Å². The smallest absolute Gasteiger partial charge is 0.241 e. The second-order valence-corrected chi connectivity index (χ2v) is 7.29. The average molecular weight is 326 g/mol. The maximum atomic E-state index is 12.3. The van der Waals surface area contributed by atoms with Crippen LogP contribution in [0.15, 0.2) is 46.7 Å². The summed E-state index contributed by atoms with van der Waals surface area (Å²) in [6.45, 7) is 0.342. The van der Waals surface area contributed by atoms with Crippen molar-refractivity contribution in [3.63, 3.8) is 0 Å². The summed E-state index contributed by atoms with van der Waals surface area (Å²) in [6, 6.07) is 10.4. The fourth-order valence-corrected chi connectivity index (χ4v) is 3.95. The van der Waals surface area contributed by atoms with Gasteiger partial charge in [-0.05, 0) is 23.9 Å². The van der Waals surface area contributed by atoms with E-state index in [1.807, 2.05) is 17.5 Å². The molecule has 1 aromatic heterocycles. The van der Waals surface area contributed by atoms with Crippen LogP contribution in [0.2, 0.25) is 0 Å². The van der Waals surface area contributed by atoms with Crippen molar-refractivity contribution in [1.82, 2.24) is 4.72 Å². The van der Waals surface area contributed by atoms with E-state index in [9.17, 15) is 8.42 Å². The van der Waals surface area contributed by atoms with Gasteiger partial charge in [0.2, 0.25) is 10.0 Å². The van der Waals surface area contributed by atoms with Crippen LogP contribution < -0.4 is 10.5 Å². The highest BCUT2D eigenvalue weighted by atomic mass is 32.2. The first-order chi connectivity index (χ1) is 9.50. The van der Waals surface area contributed by atoms with Crippen molar-refractivity contribution < 1.29 is 8.42 Å². The van der Waals surface area contributed by atoms with Crippen LogP contribution >= 0.6 is 23.6 Å². The first-order valence-electron chi connectivity index (χ1n) is 5.91. The lowest BCUT2D eigenvalue weighted by molar-refractivity contribution is 0.581. The van der Waals surface area contributed by atoms with Crippen molar-refractivity contribution in [2.75, 3.05) is 6.54 Å². The first-order valence-corrected chi connectivity index (χ1v) is 8.69. The highest BCUT2D eigenvalue weighted by Crippen LogP contribution is 2.15. The normalized spacial score (nSPS) is 11.4. The fraction of sp³-hybridized carbons (Fsp3) is 0.154. The Morgan fingerprint density at radius 2 is 2.00 bits per heavy atom. The first kappa shape index (κ1) is 15.1. The summed E-state index contributed by atoms with van der Waals surface area (Å²) in [5, 5.41) is 1.96. The maximum Gasteiger partial charge on any atom is 0.241 e. The maximum absolute atomic E-state index is 12.3. The second kappa shape index (κ2) is 6.45. The number of thiocarbonyl (C=S) groups is 1. The molecule has 3 N–H and O–H groups in total. The summed E-state index contributed by atoms with van der Waals surface area (Å²) in [5.74, 6) is 0. The van der Waals surface area contributed by atoms with Crippen molar-refractivity contribution >= 4 is 38.6 Å². The topological polar surface area (TPSA) is 72.2 Å². The summed E-state index contributed by atoms with van der Waals surface area (Å²) in [6.07, 6.45) is 0.659. The molecule has 0 radical (unpaired) electrons. The molecule has 0 aliphatic carbocycles. The number of thiophene rings is 1. The molecule has 20 heavy (non-hydrogen) atoms. The molecule has 2 rings (SSSR count). The van der Waals surface area contributed by atoms with Crippen LogP contribution in [0.1, 0.15) is 10.4 Å². The van der Waals surface area contributed by atoms with Crippen molar-refractivity contribution in [3.05, 3.63) is 52.2 Å². The highest BCUT2D eigenvalue weighted by Gasteiger charge is 2.18. The minimum absolute atomic E-state index is 0.0734. The minimum atomic E-state index is -3.60. The lowest BCUT2D eigenvalue weighted by Gasteiger charge is -2.10. The fourth-order valence-electron chi connectivity index (χ4n) is 1.75. The van der Waals surface area contributed by atoms with E-state index < -0.39 is 10.0 Å². The molecule has 0 fully saturated rings. The van der Waals surface area contributed by atoms with Gasteiger partial charge in [-0.1, -0.05) is 36.5 Å². The van der Waals surface area contributed by atoms with E-state index >= 15 is 0 Å². The van der Waals surface area contributed by atoms with Crippen LogP contribution in [-0.4, -0.2) is 20.0 Å².